The topological polar surface area (TPSA) is 54.3 Å². The zero-order valence-corrected chi connectivity index (χ0v) is 19.5. The van der Waals surface area contributed by atoms with Crippen LogP contribution in [0, 0.1) is 5.92 Å². The molecule has 1 N–H and O–H groups in total. The average Bonchev–Trinajstić information content (AvgIpc) is 3.19. The Hall–Kier alpha value is -1.63. The van der Waals surface area contributed by atoms with Gasteiger partial charge in [0.1, 0.15) is 6.10 Å². The fourth-order valence-electron chi connectivity index (χ4n) is 3.50. The van der Waals surface area contributed by atoms with E-state index >= 15 is 0 Å². The fraction of sp³-hybridized carbons (Fsp3) is 0.458. The summed E-state index contributed by atoms with van der Waals surface area (Å²) in [5.74, 6) is 0.441. The summed E-state index contributed by atoms with van der Waals surface area (Å²) >= 11 is 12.2. The van der Waals surface area contributed by atoms with Crippen LogP contribution in [-0.2, 0) is 16.1 Å². The number of ether oxygens (including phenoxy) is 1. The third-order valence-corrected chi connectivity index (χ3v) is 5.67. The van der Waals surface area contributed by atoms with Gasteiger partial charge in [0.25, 0.3) is 0 Å². The first kappa shape index (κ1) is 24.0. The van der Waals surface area contributed by atoms with E-state index in [0.29, 0.717) is 55.2 Å². The molecular formula is C24H30Cl2N2O3. The van der Waals surface area contributed by atoms with Crippen LogP contribution >= 0.6 is 23.2 Å². The van der Waals surface area contributed by atoms with Gasteiger partial charge in [-0.2, -0.15) is 0 Å². The van der Waals surface area contributed by atoms with E-state index in [1.165, 1.54) is 5.56 Å². The van der Waals surface area contributed by atoms with E-state index in [4.69, 9.17) is 32.8 Å². The van der Waals surface area contributed by atoms with Gasteiger partial charge in [-0.3, -0.25) is 4.90 Å². The summed E-state index contributed by atoms with van der Waals surface area (Å²) in [7, 11) is 0. The van der Waals surface area contributed by atoms with Gasteiger partial charge in [0.15, 0.2) is 0 Å². The van der Waals surface area contributed by atoms with Crippen LogP contribution in [0.5, 0.6) is 0 Å². The molecule has 3 rings (SSSR count). The predicted molar refractivity (Wildman–Crippen MR) is 126 cm³/mol. The number of hydrogen-bond donors (Lipinski definition) is 1. The standard InChI is InChI=1S/C24H30Cl2N2O3/c1-17(2)15-30-16-20(29)13-28(12-18-6-4-3-5-7-18)14-21-11-24(27-31-21)19-8-9-22(25)23(26)10-19/h3-10,17,20-21,29H,11-16H2,1-2H3/t20-,21+/m1/s1. The second kappa shape index (κ2) is 11.8. The first-order valence-electron chi connectivity index (χ1n) is 10.6. The molecule has 0 aliphatic carbocycles. The van der Waals surface area contributed by atoms with Crippen LogP contribution in [0.4, 0.5) is 0 Å². The Kier molecular flexibility index (Phi) is 9.17. The molecule has 31 heavy (non-hydrogen) atoms. The zero-order valence-electron chi connectivity index (χ0n) is 18.0. The maximum atomic E-state index is 10.5. The lowest BCUT2D eigenvalue weighted by molar-refractivity contribution is -0.00734. The zero-order chi connectivity index (χ0) is 22.2. The molecule has 0 saturated heterocycles. The molecule has 0 aromatic heterocycles. The molecule has 0 spiro atoms. The molecule has 1 heterocycles. The van der Waals surface area contributed by atoms with Crippen molar-refractivity contribution in [2.75, 3.05) is 26.3 Å². The van der Waals surface area contributed by atoms with Crippen molar-refractivity contribution < 1.29 is 14.7 Å². The summed E-state index contributed by atoms with van der Waals surface area (Å²) in [4.78, 5) is 7.90. The number of nitrogens with zero attached hydrogens (tertiary/aromatic N) is 2. The predicted octanol–water partition coefficient (Wildman–Crippen LogP) is 5.02. The maximum Gasteiger partial charge on any atom is 0.145 e. The van der Waals surface area contributed by atoms with Crippen LogP contribution in [0.1, 0.15) is 31.4 Å². The Morgan fingerprint density at radius 2 is 1.90 bits per heavy atom. The lowest BCUT2D eigenvalue weighted by Crippen LogP contribution is -2.39. The van der Waals surface area contributed by atoms with Gasteiger partial charge in [-0.05, 0) is 23.6 Å². The maximum absolute atomic E-state index is 10.5. The molecule has 2 aromatic carbocycles. The molecular weight excluding hydrogens is 435 g/mol. The van der Waals surface area contributed by atoms with Crippen LogP contribution in [0.15, 0.2) is 53.7 Å². The van der Waals surface area contributed by atoms with Crippen LogP contribution in [0.25, 0.3) is 0 Å². The molecule has 0 bridgehead atoms. The van der Waals surface area contributed by atoms with Crippen molar-refractivity contribution in [2.45, 2.75) is 39.0 Å². The number of aliphatic hydroxyl groups is 1. The first-order valence-corrected chi connectivity index (χ1v) is 11.4. The quantitative estimate of drug-likeness (QED) is 0.506. The highest BCUT2D eigenvalue weighted by molar-refractivity contribution is 6.42. The minimum Gasteiger partial charge on any atom is -0.390 e. The van der Waals surface area contributed by atoms with Crippen LogP contribution in [0.2, 0.25) is 10.0 Å². The van der Waals surface area contributed by atoms with Gasteiger partial charge in [-0.25, -0.2) is 0 Å². The lowest BCUT2D eigenvalue weighted by Gasteiger charge is -2.27. The highest BCUT2D eigenvalue weighted by atomic mass is 35.5. The molecule has 0 saturated carbocycles. The third-order valence-electron chi connectivity index (χ3n) is 4.93. The van der Waals surface area contributed by atoms with Gasteiger partial charge in [-0.15, -0.1) is 0 Å². The second-order valence-corrected chi connectivity index (χ2v) is 9.18. The molecule has 2 atom stereocenters. The Balaban J connectivity index is 1.59. The van der Waals surface area contributed by atoms with Gasteiger partial charge >= 0.3 is 0 Å². The summed E-state index contributed by atoms with van der Waals surface area (Å²) in [5.41, 5.74) is 2.94. The SMILES string of the molecule is CC(C)COC[C@H](O)CN(Cc1ccccc1)C[C@@H]1CC(c2ccc(Cl)c(Cl)c2)=NO1. The Morgan fingerprint density at radius 1 is 1.13 bits per heavy atom. The van der Waals surface area contributed by atoms with Crippen molar-refractivity contribution in [3.05, 3.63) is 69.7 Å². The lowest BCUT2D eigenvalue weighted by atomic mass is 10.0. The molecule has 0 fully saturated rings. The van der Waals surface area contributed by atoms with Gasteiger partial charge in [-0.1, -0.05) is 78.6 Å². The fourth-order valence-corrected chi connectivity index (χ4v) is 3.79. The number of hydrogen-bond acceptors (Lipinski definition) is 5. The molecule has 2 aromatic rings. The van der Waals surface area contributed by atoms with E-state index in [-0.39, 0.29) is 6.10 Å². The van der Waals surface area contributed by atoms with Gasteiger partial charge in [0.2, 0.25) is 0 Å². The normalized spacial score (nSPS) is 17.1. The molecule has 1 aliphatic rings. The molecule has 168 valence electrons. The van der Waals surface area contributed by atoms with Gasteiger partial charge < -0.3 is 14.7 Å². The summed E-state index contributed by atoms with van der Waals surface area (Å²) < 4.78 is 5.62. The van der Waals surface area contributed by atoms with E-state index in [0.717, 1.165) is 11.3 Å². The molecule has 5 nitrogen and oxygen atoms in total. The van der Waals surface area contributed by atoms with Crippen LogP contribution in [0.3, 0.4) is 0 Å². The van der Waals surface area contributed by atoms with Gasteiger partial charge in [0, 0.05) is 38.2 Å². The Labute approximate surface area is 194 Å². The van der Waals surface area contributed by atoms with Crippen molar-refractivity contribution in [3.8, 4) is 0 Å². The smallest absolute Gasteiger partial charge is 0.145 e. The number of aliphatic hydroxyl groups excluding tert-OH is 1. The van der Waals surface area contributed by atoms with Crippen LogP contribution in [-0.4, -0.2) is 54.2 Å². The number of oxime groups is 1. The minimum absolute atomic E-state index is 0.100. The molecule has 1 aliphatic heterocycles. The summed E-state index contributed by atoms with van der Waals surface area (Å²) in [5, 5.41) is 15.8. The van der Waals surface area contributed by atoms with Crippen molar-refractivity contribution >= 4 is 28.9 Å². The van der Waals surface area contributed by atoms with Crippen molar-refractivity contribution in [2.24, 2.45) is 11.1 Å². The Morgan fingerprint density at radius 3 is 2.61 bits per heavy atom. The molecule has 0 radical (unpaired) electrons. The first-order chi connectivity index (χ1) is 14.9. The number of rotatable bonds is 11. The summed E-state index contributed by atoms with van der Waals surface area (Å²) in [6.45, 7) is 7.00. The van der Waals surface area contributed by atoms with E-state index in [9.17, 15) is 5.11 Å². The largest absolute Gasteiger partial charge is 0.390 e. The van der Waals surface area contributed by atoms with E-state index in [2.05, 4.69) is 36.0 Å². The van der Waals surface area contributed by atoms with E-state index < -0.39 is 6.10 Å². The highest BCUT2D eigenvalue weighted by Crippen LogP contribution is 2.26. The molecule has 7 heteroatoms. The molecule has 0 amide bonds. The Bertz CT molecular complexity index is 861. The van der Waals surface area contributed by atoms with Crippen molar-refractivity contribution in [3.63, 3.8) is 0 Å². The molecule has 0 unspecified atom stereocenters. The van der Waals surface area contributed by atoms with E-state index in [1.54, 1.807) is 6.07 Å². The van der Waals surface area contributed by atoms with Gasteiger partial charge in [0.05, 0.1) is 28.5 Å². The second-order valence-electron chi connectivity index (χ2n) is 8.36. The number of benzene rings is 2. The van der Waals surface area contributed by atoms with Crippen molar-refractivity contribution in [1.82, 2.24) is 4.90 Å². The monoisotopic (exact) mass is 464 g/mol. The summed E-state index contributed by atoms with van der Waals surface area (Å²) in [6.07, 6.45) is -0.000280. The minimum atomic E-state index is -0.570. The average molecular weight is 465 g/mol. The van der Waals surface area contributed by atoms with E-state index in [1.807, 2.05) is 30.3 Å². The number of halogens is 2. The van der Waals surface area contributed by atoms with Crippen LogP contribution < -0.4 is 0 Å². The summed E-state index contributed by atoms with van der Waals surface area (Å²) in [6, 6.07) is 15.7. The third kappa shape index (κ3) is 7.78. The van der Waals surface area contributed by atoms with Crippen molar-refractivity contribution in [1.29, 1.82) is 0 Å². The highest BCUT2D eigenvalue weighted by Gasteiger charge is 2.26.